The first-order valence-corrected chi connectivity index (χ1v) is 4.33. The van der Waals surface area contributed by atoms with Crippen LogP contribution < -0.4 is 5.73 Å². The van der Waals surface area contributed by atoms with Gasteiger partial charge in [0.15, 0.2) is 0 Å². The molecule has 0 aliphatic rings. The van der Waals surface area contributed by atoms with Crippen LogP contribution in [0.2, 0.25) is 0 Å². The van der Waals surface area contributed by atoms with Gasteiger partial charge in [-0.1, -0.05) is 6.92 Å². The van der Waals surface area contributed by atoms with Gasteiger partial charge in [-0.05, 0) is 13.3 Å². The van der Waals surface area contributed by atoms with E-state index in [1.54, 1.807) is 0 Å². The highest BCUT2D eigenvalue weighted by atomic mass is 19.4. The van der Waals surface area contributed by atoms with E-state index in [-0.39, 0.29) is 13.0 Å². The van der Waals surface area contributed by atoms with Crippen molar-refractivity contribution in [2.45, 2.75) is 32.5 Å². The van der Waals surface area contributed by atoms with Crippen LogP contribution in [0.4, 0.5) is 13.2 Å². The van der Waals surface area contributed by atoms with Gasteiger partial charge in [-0.25, -0.2) is 0 Å². The molecule has 0 unspecified atom stereocenters. The number of carbonyl (C=O) groups is 1. The van der Waals surface area contributed by atoms with E-state index in [9.17, 15) is 18.0 Å². The van der Waals surface area contributed by atoms with Gasteiger partial charge in [0.1, 0.15) is 6.04 Å². The van der Waals surface area contributed by atoms with Gasteiger partial charge in [-0.2, -0.15) is 13.2 Å². The summed E-state index contributed by atoms with van der Waals surface area (Å²) in [6.45, 7) is 3.05. The predicted octanol–water partition coefficient (Wildman–Crippen LogP) is 1.47. The third-order valence-electron chi connectivity index (χ3n) is 1.84. The molecular formula is C8H14F3NO2. The maximum Gasteiger partial charge on any atom is 0.404 e. The van der Waals surface area contributed by atoms with E-state index in [1.165, 1.54) is 13.8 Å². The van der Waals surface area contributed by atoms with E-state index in [0.29, 0.717) is 0 Å². The van der Waals surface area contributed by atoms with Gasteiger partial charge >= 0.3 is 12.1 Å². The Morgan fingerprint density at radius 1 is 1.43 bits per heavy atom. The largest absolute Gasteiger partial charge is 0.466 e. The van der Waals surface area contributed by atoms with E-state index in [4.69, 9.17) is 5.73 Å². The van der Waals surface area contributed by atoms with Gasteiger partial charge in [-0.3, -0.25) is 4.79 Å². The molecule has 14 heavy (non-hydrogen) atoms. The molecular weight excluding hydrogens is 199 g/mol. The predicted molar refractivity (Wildman–Crippen MR) is 44.4 cm³/mol. The second-order valence-electron chi connectivity index (χ2n) is 2.83. The SMILES string of the molecule is CCOC(=O)[C@@H](CC)[C@H](N)C(F)(F)F. The average molecular weight is 213 g/mol. The van der Waals surface area contributed by atoms with E-state index in [1.807, 2.05) is 0 Å². The van der Waals surface area contributed by atoms with E-state index < -0.39 is 24.1 Å². The molecule has 2 atom stereocenters. The summed E-state index contributed by atoms with van der Waals surface area (Å²) < 4.78 is 41.0. The average Bonchev–Trinajstić information content (AvgIpc) is 2.04. The van der Waals surface area contributed by atoms with E-state index in [0.717, 1.165) is 0 Å². The van der Waals surface area contributed by atoms with Crippen molar-refractivity contribution in [1.82, 2.24) is 0 Å². The Hall–Kier alpha value is -0.780. The van der Waals surface area contributed by atoms with Gasteiger partial charge < -0.3 is 10.5 Å². The topological polar surface area (TPSA) is 52.3 Å². The lowest BCUT2D eigenvalue weighted by Gasteiger charge is -2.22. The lowest BCUT2D eigenvalue weighted by molar-refractivity contribution is -0.176. The van der Waals surface area contributed by atoms with Crippen molar-refractivity contribution in [2.75, 3.05) is 6.61 Å². The zero-order chi connectivity index (χ0) is 11.4. The summed E-state index contributed by atoms with van der Waals surface area (Å²) in [5.74, 6) is -2.20. The van der Waals surface area contributed by atoms with Crippen molar-refractivity contribution in [3.63, 3.8) is 0 Å². The van der Waals surface area contributed by atoms with Crippen molar-refractivity contribution in [3.05, 3.63) is 0 Å². The number of alkyl halides is 3. The van der Waals surface area contributed by atoms with Crippen LogP contribution in [0.15, 0.2) is 0 Å². The molecule has 0 fully saturated rings. The number of halogens is 3. The second kappa shape index (κ2) is 5.19. The van der Waals surface area contributed by atoms with Gasteiger partial charge in [0.25, 0.3) is 0 Å². The van der Waals surface area contributed by atoms with E-state index in [2.05, 4.69) is 4.74 Å². The van der Waals surface area contributed by atoms with Crippen molar-refractivity contribution >= 4 is 5.97 Å². The summed E-state index contributed by atoms with van der Waals surface area (Å²) in [5.41, 5.74) is 4.91. The molecule has 3 nitrogen and oxygen atoms in total. The van der Waals surface area contributed by atoms with Crippen molar-refractivity contribution in [3.8, 4) is 0 Å². The lowest BCUT2D eigenvalue weighted by atomic mass is 9.97. The van der Waals surface area contributed by atoms with Crippen molar-refractivity contribution in [1.29, 1.82) is 0 Å². The van der Waals surface area contributed by atoms with Crippen LogP contribution in [0, 0.1) is 5.92 Å². The molecule has 0 saturated heterocycles. The standard InChI is InChI=1S/C8H14F3NO2/c1-3-5(7(13)14-4-2)6(12)8(9,10)11/h5-6H,3-4,12H2,1-2H3/t5-,6-/m0/s1. The maximum absolute atomic E-state index is 12.2. The number of hydrogen-bond acceptors (Lipinski definition) is 3. The molecule has 0 aromatic rings. The van der Waals surface area contributed by atoms with Crippen LogP contribution in [0.25, 0.3) is 0 Å². The Kier molecular flexibility index (Phi) is 4.90. The molecule has 0 aliphatic carbocycles. The highest BCUT2D eigenvalue weighted by Crippen LogP contribution is 2.26. The molecule has 0 amide bonds. The van der Waals surface area contributed by atoms with Crippen molar-refractivity contribution in [2.24, 2.45) is 11.7 Å². The molecule has 0 heterocycles. The van der Waals surface area contributed by atoms with Crippen LogP contribution >= 0.6 is 0 Å². The summed E-state index contributed by atoms with van der Waals surface area (Å²) in [6.07, 6.45) is -4.55. The molecule has 84 valence electrons. The Bertz CT molecular complexity index is 194. The minimum Gasteiger partial charge on any atom is -0.466 e. The molecule has 0 bridgehead atoms. The first kappa shape index (κ1) is 13.2. The van der Waals surface area contributed by atoms with Crippen LogP contribution in [0.1, 0.15) is 20.3 Å². The maximum atomic E-state index is 12.2. The summed E-state index contributed by atoms with van der Waals surface area (Å²) in [5, 5.41) is 0. The fourth-order valence-electron chi connectivity index (χ4n) is 1.04. The van der Waals surface area contributed by atoms with Gasteiger partial charge in [0.2, 0.25) is 0 Å². The Labute approximate surface area is 80.4 Å². The minimum absolute atomic E-state index is 0.0134. The third-order valence-corrected chi connectivity index (χ3v) is 1.84. The Morgan fingerprint density at radius 3 is 2.21 bits per heavy atom. The summed E-state index contributed by atoms with van der Waals surface area (Å²) >= 11 is 0. The smallest absolute Gasteiger partial charge is 0.404 e. The molecule has 0 rings (SSSR count). The third kappa shape index (κ3) is 3.53. The monoisotopic (exact) mass is 213 g/mol. The first-order chi connectivity index (χ1) is 6.34. The number of nitrogens with two attached hydrogens (primary N) is 1. The number of esters is 1. The Balaban J connectivity index is 4.48. The number of rotatable bonds is 4. The first-order valence-electron chi connectivity index (χ1n) is 4.33. The number of ether oxygens (including phenoxy) is 1. The highest BCUT2D eigenvalue weighted by molar-refractivity contribution is 5.73. The quantitative estimate of drug-likeness (QED) is 0.719. The summed E-state index contributed by atoms with van der Waals surface area (Å²) in [7, 11) is 0. The molecule has 2 N–H and O–H groups in total. The molecule has 0 aromatic carbocycles. The molecule has 0 saturated carbocycles. The lowest BCUT2D eigenvalue weighted by Crippen LogP contribution is -2.47. The summed E-state index contributed by atoms with van der Waals surface area (Å²) in [6, 6.07) is -2.15. The van der Waals surface area contributed by atoms with Gasteiger partial charge in [0, 0.05) is 0 Å². The zero-order valence-corrected chi connectivity index (χ0v) is 8.10. The summed E-state index contributed by atoms with van der Waals surface area (Å²) in [4.78, 5) is 11.1. The zero-order valence-electron chi connectivity index (χ0n) is 8.10. The molecule has 0 radical (unpaired) electrons. The van der Waals surface area contributed by atoms with Crippen LogP contribution in [0.3, 0.4) is 0 Å². The Morgan fingerprint density at radius 2 is 1.93 bits per heavy atom. The molecule has 0 aliphatic heterocycles. The van der Waals surface area contributed by atoms with Crippen LogP contribution in [-0.2, 0) is 9.53 Å². The highest BCUT2D eigenvalue weighted by Gasteiger charge is 2.44. The molecule has 6 heteroatoms. The fraction of sp³-hybridized carbons (Fsp3) is 0.875. The normalized spacial score (nSPS) is 16.1. The molecule has 0 spiro atoms. The van der Waals surface area contributed by atoms with Gasteiger partial charge in [-0.15, -0.1) is 0 Å². The number of hydrogen-bond donors (Lipinski definition) is 1. The van der Waals surface area contributed by atoms with Crippen molar-refractivity contribution < 1.29 is 22.7 Å². The van der Waals surface area contributed by atoms with Gasteiger partial charge in [0.05, 0.1) is 12.5 Å². The molecule has 0 aromatic heterocycles. The number of carbonyl (C=O) groups excluding carboxylic acids is 1. The minimum atomic E-state index is -4.56. The second-order valence-corrected chi connectivity index (χ2v) is 2.83. The van der Waals surface area contributed by atoms with Crippen LogP contribution in [-0.4, -0.2) is 24.8 Å². The fourth-order valence-corrected chi connectivity index (χ4v) is 1.04. The van der Waals surface area contributed by atoms with Crippen LogP contribution in [0.5, 0.6) is 0 Å². The van der Waals surface area contributed by atoms with E-state index >= 15 is 0 Å².